The molecule has 1 atom stereocenters. The zero-order chi connectivity index (χ0) is 10.6. The SMILES string of the molecule is Cc1nc(CSC(C)CC(=O)O)cs1. The van der Waals surface area contributed by atoms with Crippen molar-refractivity contribution in [1.29, 1.82) is 0 Å². The average molecular weight is 231 g/mol. The Morgan fingerprint density at radius 3 is 3.00 bits per heavy atom. The lowest BCUT2D eigenvalue weighted by Gasteiger charge is -2.05. The van der Waals surface area contributed by atoms with Crippen LogP contribution in [0.1, 0.15) is 24.0 Å². The maximum absolute atomic E-state index is 10.4. The number of thioether (sulfide) groups is 1. The van der Waals surface area contributed by atoms with Crippen LogP contribution in [0.3, 0.4) is 0 Å². The van der Waals surface area contributed by atoms with Crippen LogP contribution >= 0.6 is 23.1 Å². The molecular weight excluding hydrogens is 218 g/mol. The lowest BCUT2D eigenvalue weighted by Crippen LogP contribution is -2.05. The average Bonchev–Trinajstić information content (AvgIpc) is 2.47. The van der Waals surface area contributed by atoms with Gasteiger partial charge >= 0.3 is 5.97 Å². The molecule has 3 nitrogen and oxygen atoms in total. The first-order chi connectivity index (χ1) is 6.58. The van der Waals surface area contributed by atoms with Gasteiger partial charge in [-0.3, -0.25) is 4.79 Å². The van der Waals surface area contributed by atoms with E-state index < -0.39 is 5.97 Å². The predicted octanol–water partition coefficient (Wildman–Crippen LogP) is 2.55. The summed E-state index contributed by atoms with van der Waals surface area (Å²) in [5.74, 6) is 0.0677. The summed E-state index contributed by atoms with van der Waals surface area (Å²) in [6, 6.07) is 0. The Morgan fingerprint density at radius 1 is 1.79 bits per heavy atom. The smallest absolute Gasteiger partial charge is 0.304 e. The van der Waals surface area contributed by atoms with E-state index in [4.69, 9.17) is 5.11 Å². The van der Waals surface area contributed by atoms with E-state index in [0.29, 0.717) is 0 Å². The van der Waals surface area contributed by atoms with Gasteiger partial charge in [0.25, 0.3) is 0 Å². The second-order valence-corrected chi connectivity index (χ2v) is 5.57. The number of carboxylic acid groups (broad SMARTS) is 1. The van der Waals surface area contributed by atoms with Gasteiger partial charge in [0.15, 0.2) is 0 Å². The molecule has 1 aromatic heterocycles. The largest absolute Gasteiger partial charge is 0.481 e. The van der Waals surface area contributed by atoms with Crippen LogP contribution in [0, 0.1) is 6.92 Å². The highest BCUT2D eigenvalue weighted by molar-refractivity contribution is 7.99. The third-order valence-electron chi connectivity index (χ3n) is 1.64. The van der Waals surface area contributed by atoms with Gasteiger partial charge in [0.05, 0.1) is 17.1 Å². The Labute approximate surface area is 91.6 Å². The number of carboxylic acids is 1. The minimum Gasteiger partial charge on any atom is -0.481 e. The molecule has 0 radical (unpaired) electrons. The van der Waals surface area contributed by atoms with Crippen molar-refractivity contribution < 1.29 is 9.90 Å². The van der Waals surface area contributed by atoms with Gasteiger partial charge in [0, 0.05) is 16.4 Å². The summed E-state index contributed by atoms with van der Waals surface area (Å²) >= 11 is 3.26. The van der Waals surface area contributed by atoms with Crippen molar-refractivity contribution in [3.63, 3.8) is 0 Å². The molecule has 0 aromatic carbocycles. The van der Waals surface area contributed by atoms with Crippen molar-refractivity contribution in [2.24, 2.45) is 0 Å². The maximum atomic E-state index is 10.4. The standard InChI is InChI=1S/C9H13NO2S2/c1-6(3-9(11)12)13-4-8-5-14-7(2)10-8/h5-6H,3-4H2,1-2H3,(H,11,12). The maximum Gasteiger partial charge on any atom is 0.304 e. The number of thiazole rings is 1. The molecule has 1 N–H and O–H groups in total. The fourth-order valence-electron chi connectivity index (χ4n) is 1.01. The van der Waals surface area contributed by atoms with Gasteiger partial charge in [0.1, 0.15) is 0 Å². The number of hydrogen-bond donors (Lipinski definition) is 1. The highest BCUT2D eigenvalue weighted by atomic mass is 32.2. The summed E-state index contributed by atoms with van der Waals surface area (Å²) < 4.78 is 0. The van der Waals surface area contributed by atoms with Gasteiger partial charge in [-0.15, -0.1) is 11.3 Å². The van der Waals surface area contributed by atoms with Gasteiger partial charge in [-0.1, -0.05) is 6.92 Å². The van der Waals surface area contributed by atoms with E-state index in [9.17, 15) is 4.79 Å². The van der Waals surface area contributed by atoms with Crippen LogP contribution in [0.2, 0.25) is 0 Å². The summed E-state index contributed by atoms with van der Waals surface area (Å²) in [5.41, 5.74) is 1.05. The van der Waals surface area contributed by atoms with Crippen molar-refractivity contribution in [3.05, 3.63) is 16.1 Å². The first kappa shape index (κ1) is 11.5. The topological polar surface area (TPSA) is 50.2 Å². The molecule has 0 saturated carbocycles. The van der Waals surface area contributed by atoms with E-state index in [-0.39, 0.29) is 11.7 Å². The van der Waals surface area contributed by atoms with Crippen LogP contribution in [0.15, 0.2) is 5.38 Å². The van der Waals surface area contributed by atoms with Gasteiger partial charge in [0.2, 0.25) is 0 Å². The third kappa shape index (κ3) is 4.11. The zero-order valence-electron chi connectivity index (χ0n) is 8.19. The molecule has 1 heterocycles. The van der Waals surface area contributed by atoms with Crippen molar-refractivity contribution in [3.8, 4) is 0 Å². The third-order valence-corrected chi connectivity index (χ3v) is 3.66. The van der Waals surface area contributed by atoms with Crippen molar-refractivity contribution in [2.75, 3.05) is 0 Å². The van der Waals surface area contributed by atoms with Crippen LogP contribution in [0.5, 0.6) is 0 Å². The normalized spacial score (nSPS) is 12.7. The molecule has 0 aliphatic heterocycles. The lowest BCUT2D eigenvalue weighted by molar-refractivity contribution is -0.136. The molecule has 0 spiro atoms. The number of hydrogen-bond acceptors (Lipinski definition) is 4. The van der Waals surface area contributed by atoms with E-state index in [1.165, 1.54) is 0 Å². The van der Waals surface area contributed by atoms with Crippen molar-refractivity contribution in [1.82, 2.24) is 4.98 Å². The van der Waals surface area contributed by atoms with Crippen LogP contribution in [0.4, 0.5) is 0 Å². The van der Waals surface area contributed by atoms with E-state index in [0.717, 1.165) is 16.5 Å². The molecule has 0 bridgehead atoms. The summed E-state index contributed by atoms with van der Waals surface area (Å²) in [6.45, 7) is 3.90. The number of carbonyl (C=O) groups is 1. The highest BCUT2D eigenvalue weighted by Crippen LogP contribution is 2.20. The molecule has 0 saturated heterocycles. The van der Waals surface area contributed by atoms with Gasteiger partial charge in [-0.05, 0) is 6.92 Å². The molecule has 0 amide bonds. The Kier molecular flexibility index (Phi) is 4.41. The van der Waals surface area contributed by atoms with Crippen LogP contribution in [-0.2, 0) is 10.5 Å². The lowest BCUT2D eigenvalue weighted by atomic mass is 10.3. The monoisotopic (exact) mass is 231 g/mol. The zero-order valence-corrected chi connectivity index (χ0v) is 9.82. The second-order valence-electron chi connectivity index (χ2n) is 3.08. The van der Waals surface area contributed by atoms with Crippen molar-refractivity contribution in [2.45, 2.75) is 31.3 Å². The number of aryl methyl sites for hydroxylation is 1. The molecular formula is C9H13NO2S2. The van der Waals surface area contributed by atoms with Gasteiger partial charge in [-0.25, -0.2) is 4.98 Å². The van der Waals surface area contributed by atoms with Crippen molar-refractivity contribution >= 4 is 29.1 Å². The molecule has 78 valence electrons. The molecule has 1 rings (SSSR count). The minimum absolute atomic E-state index is 0.148. The number of nitrogens with zero attached hydrogens (tertiary/aromatic N) is 1. The number of aromatic nitrogens is 1. The highest BCUT2D eigenvalue weighted by Gasteiger charge is 2.08. The fourth-order valence-corrected chi connectivity index (χ4v) is 2.59. The van der Waals surface area contributed by atoms with E-state index in [1.807, 2.05) is 19.2 Å². The van der Waals surface area contributed by atoms with Crippen LogP contribution < -0.4 is 0 Å². The Bertz CT molecular complexity index is 312. The van der Waals surface area contributed by atoms with Gasteiger partial charge < -0.3 is 5.11 Å². The quantitative estimate of drug-likeness (QED) is 0.846. The molecule has 0 fully saturated rings. The first-order valence-electron chi connectivity index (χ1n) is 4.32. The van der Waals surface area contributed by atoms with E-state index >= 15 is 0 Å². The van der Waals surface area contributed by atoms with Crippen LogP contribution in [0.25, 0.3) is 0 Å². The second kappa shape index (κ2) is 5.36. The molecule has 0 aliphatic carbocycles. The first-order valence-corrected chi connectivity index (χ1v) is 6.25. The Hall–Kier alpha value is -0.550. The Balaban J connectivity index is 2.30. The fraction of sp³-hybridized carbons (Fsp3) is 0.556. The molecule has 5 heteroatoms. The summed E-state index contributed by atoms with van der Waals surface area (Å²) in [7, 11) is 0. The minimum atomic E-state index is -0.737. The van der Waals surface area contributed by atoms with Crippen LogP contribution in [-0.4, -0.2) is 21.3 Å². The summed E-state index contributed by atoms with van der Waals surface area (Å²) in [5, 5.41) is 11.8. The summed E-state index contributed by atoms with van der Waals surface area (Å²) in [6.07, 6.45) is 0.216. The molecule has 14 heavy (non-hydrogen) atoms. The molecule has 0 aliphatic rings. The van der Waals surface area contributed by atoms with E-state index in [1.54, 1.807) is 23.1 Å². The predicted molar refractivity (Wildman–Crippen MR) is 59.9 cm³/mol. The number of aliphatic carboxylic acids is 1. The van der Waals surface area contributed by atoms with E-state index in [2.05, 4.69) is 4.98 Å². The van der Waals surface area contributed by atoms with Gasteiger partial charge in [-0.2, -0.15) is 11.8 Å². The summed E-state index contributed by atoms with van der Waals surface area (Å²) in [4.78, 5) is 14.7. The molecule has 1 aromatic rings. The molecule has 1 unspecified atom stereocenters. The number of rotatable bonds is 5. The Morgan fingerprint density at radius 2 is 2.50 bits per heavy atom.